The van der Waals surface area contributed by atoms with E-state index in [9.17, 15) is 9.59 Å². The van der Waals surface area contributed by atoms with Gasteiger partial charge in [0, 0.05) is 27.6 Å². The van der Waals surface area contributed by atoms with E-state index in [0.29, 0.717) is 12.0 Å². The first-order valence-corrected chi connectivity index (χ1v) is 6.25. The number of hydrogen-bond acceptors (Lipinski definition) is 2. The van der Waals surface area contributed by atoms with Gasteiger partial charge in [-0.05, 0) is 24.6 Å². The molecule has 2 rings (SSSR count). The number of fused-ring (bicyclic) bond motifs is 1. The third kappa shape index (κ3) is 2.14. The Morgan fingerprint density at radius 1 is 1.41 bits per heavy atom. The van der Waals surface area contributed by atoms with E-state index in [1.54, 1.807) is 6.07 Å². The fraction of sp³-hybridized carbons (Fsp3) is 0.385. The summed E-state index contributed by atoms with van der Waals surface area (Å²) >= 11 is 3.41. The molecule has 17 heavy (non-hydrogen) atoms. The normalized spacial score (nSPS) is 17.3. The van der Waals surface area contributed by atoms with Crippen LogP contribution < -0.4 is 5.32 Å². The quantitative estimate of drug-likeness (QED) is 0.808. The van der Waals surface area contributed by atoms with E-state index in [1.807, 2.05) is 19.9 Å². The molecule has 0 fully saturated rings. The summed E-state index contributed by atoms with van der Waals surface area (Å²) in [7, 11) is 0. The molecule has 1 aliphatic rings. The molecule has 1 aromatic rings. The Balaban J connectivity index is 2.64. The molecule has 4 heteroatoms. The van der Waals surface area contributed by atoms with Crippen LogP contribution in [0.1, 0.15) is 43.1 Å². The Morgan fingerprint density at radius 2 is 2.06 bits per heavy atom. The predicted octanol–water partition coefficient (Wildman–Crippen LogP) is 3.27. The summed E-state index contributed by atoms with van der Waals surface area (Å²) in [6.45, 7) is 5.58. The van der Waals surface area contributed by atoms with Gasteiger partial charge in [0.2, 0.25) is 5.91 Å². The number of carbonyl (C=O) groups excluding carboxylic acids is 2. The highest BCUT2D eigenvalue weighted by molar-refractivity contribution is 9.10. The molecule has 0 aliphatic carbocycles. The lowest BCUT2D eigenvalue weighted by atomic mass is 9.77. The summed E-state index contributed by atoms with van der Waals surface area (Å²) < 4.78 is 0.785. The Labute approximate surface area is 109 Å². The monoisotopic (exact) mass is 295 g/mol. The van der Waals surface area contributed by atoms with Gasteiger partial charge < -0.3 is 5.32 Å². The minimum absolute atomic E-state index is 0.000625. The van der Waals surface area contributed by atoms with Crippen LogP contribution in [0.5, 0.6) is 0 Å². The average Bonchev–Trinajstić information content (AvgIpc) is 2.17. The second-order valence-corrected chi connectivity index (χ2v) is 5.90. The number of Topliss-reactive ketones (excluding diaryl/α,β-unsaturated/α-hetero) is 1. The van der Waals surface area contributed by atoms with Crippen LogP contribution in [0.3, 0.4) is 0 Å². The summed E-state index contributed by atoms with van der Waals surface area (Å²) in [5.74, 6) is -0.0170. The van der Waals surface area contributed by atoms with Crippen LogP contribution in [-0.4, -0.2) is 11.7 Å². The molecule has 0 radical (unpaired) electrons. The number of carbonyl (C=O) groups is 2. The van der Waals surface area contributed by atoms with Crippen molar-refractivity contribution in [2.24, 2.45) is 0 Å². The van der Waals surface area contributed by atoms with Crippen molar-refractivity contribution in [1.29, 1.82) is 0 Å². The Hall–Kier alpha value is -1.16. The molecule has 0 atom stereocenters. The van der Waals surface area contributed by atoms with Crippen molar-refractivity contribution in [2.75, 3.05) is 5.32 Å². The first-order chi connectivity index (χ1) is 7.81. The summed E-state index contributed by atoms with van der Waals surface area (Å²) in [5.41, 5.74) is 2.21. The maximum Gasteiger partial charge on any atom is 0.225 e. The predicted molar refractivity (Wildman–Crippen MR) is 70.4 cm³/mol. The van der Waals surface area contributed by atoms with Crippen LogP contribution in [0.15, 0.2) is 16.6 Å². The van der Waals surface area contributed by atoms with Gasteiger partial charge in [0.25, 0.3) is 0 Å². The third-order valence-electron chi connectivity index (χ3n) is 3.09. The molecule has 0 spiro atoms. The molecule has 1 amide bonds. The number of halogens is 1. The molecule has 0 saturated heterocycles. The zero-order chi connectivity index (χ0) is 12.8. The highest BCUT2D eigenvalue weighted by atomic mass is 79.9. The minimum Gasteiger partial charge on any atom is -0.326 e. The van der Waals surface area contributed by atoms with E-state index in [2.05, 4.69) is 21.2 Å². The van der Waals surface area contributed by atoms with Crippen LogP contribution in [0, 0.1) is 0 Å². The Morgan fingerprint density at radius 3 is 2.65 bits per heavy atom. The van der Waals surface area contributed by atoms with Crippen molar-refractivity contribution in [3.05, 3.63) is 27.7 Å². The van der Waals surface area contributed by atoms with E-state index in [0.717, 1.165) is 15.7 Å². The number of ketones is 1. The Bertz CT molecular complexity index is 520. The lowest BCUT2D eigenvalue weighted by molar-refractivity contribution is -0.117. The summed E-state index contributed by atoms with van der Waals surface area (Å²) in [5, 5.41) is 2.83. The van der Waals surface area contributed by atoms with Gasteiger partial charge in [0.1, 0.15) is 0 Å². The number of nitrogens with one attached hydrogen (secondary N) is 1. The van der Waals surface area contributed by atoms with Crippen molar-refractivity contribution in [2.45, 2.75) is 32.6 Å². The number of hydrogen-bond donors (Lipinski definition) is 1. The first kappa shape index (κ1) is 12.3. The highest BCUT2D eigenvalue weighted by Gasteiger charge is 2.32. The van der Waals surface area contributed by atoms with Crippen LogP contribution in [0.4, 0.5) is 5.69 Å². The Kier molecular flexibility index (Phi) is 2.86. The summed E-state index contributed by atoms with van der Waals surface area (Å²) in [6, 6.07) is 3.69. The number of benzene rings is 1. The smallest absolute Gasteiger partial charge is 0.225 e. The maximum absolute atomic E-state index is 11.6. The molecule has 3 nitrogen and oxygen atoms in total. The first-order valence-electron chi connectivity index (χ1n) is 5.46. The number of anilines is 1. The van der Waals surface area contributed by atoms with Gasteiger partial charge in [0.15, 0.2) is 5.78 Å². The SMILES string of the molecule is CC(=O)c1cc2c(cc1Br)C(C)(C)CC(=O)N2. The molecule has 0 saturated carbocycles. The second kappa shape index (κ2) is 3.95. The van der Waals surface area contributed by atoms with Crippen molar-refractivity contribution < 1.29 is 9.59 Å². The van der Waals surface area contributed by atoms with Crippen LogP contribution in [-0.2, 0) is 10.2 Å². The van der Waals surface area contributed by atoms with Gasteiger partial charge in [-0.3, -0.25) is 9.59 Å². The van der Waals surface area contributed by atoms with Gasteiger partial charge in [-0.2, -0.15) is 0 Å². The van der Waals surface area contributed by atoms with Gasteiger partial charge >= 0.3 is 0 Å². The molecule has 0 aromatic heterocycles. The van der Waals surface area contributed by atoms with Gasteiger partial charge in [-0.25, -0.2) is 0 Å². The standard InChI is InChI=1S/C13H14BrNO2/c1-7(16)8-4-11-9(5-10(8)14)13(2,3)6-12(17)15-11/h4-5H,6H2,1-3H3,(H,15,17). The average molecular weight is 296 g/mol. The summed E-state index contributed by atoms with van der Waals surface area (Å²) in [6.07, 6.45) is 0.464. The number of amides is 1. The van der Waals surface area contributed by atoms with Crippen molar-refractivity contribution >= 4 is 33.3 Å². The van der Waals surface area contributed by atoms with Gasteiger partial charge in [-0.15, -0.1) is 0 Å². The van der Waals surface area contributed by atoms with Crippen molar-refractivity contribution in [3.63, 3.8) is 0 Å². The molecule has 1 N–H and O–H groups in total. The fourth-order valence-electron chi connectivity index (χ4n) is 2.20. The zero-order valence-electron chi connectivity index (χ0n) is 10.1. The lowest BCUT2D eigenvalue weighted by Gasteiger charge is -2.32. The second-order valence-electron chi connectivity index (χ2n) is 5.04. The molecule has 1 heterocycles. The molecular weight excluding hydrogens is 282 g/mol. The van der Waals surface area contributed by atoms with Crippen LogP contribution in [0.2, 0.25) is 0 Å². The van der Waals surface area contributed by atoms with Crippen LogP contribution in [0.25, 0.3) is 0 Å². The van der Waals surface area contributed by atoms with E-state index < -0.39 is 0 Å². The van der Waals surface area contributed by atoms with Gasteiger partial charge in [-0.1, -0.05) is 29.8 Å². The topological polar surface area (TPSA) is 46.2 Å². The van der Waals surface area contributed by atoms with Gasteiger partial charge in [0.05, 0.1) is 0 Å². The third-order valence-corrected chi connectivity index (χ3v) is 3.75. The van der Waals surface area contributed by atoms with E-state index in [1.165, 1.54) is 6.92 Å². The zero-order valence-corrected chi connectivity index (χ0v) is 11.6. The maximum atomic E-state index is 11.6. The largest absolute Gasteiger partial charge is 0.326 e. The summed E-state index contributed by atoms with van der Waals surface area (Å²) in [4.78, 5) is 23.1. The molecule has 1 aliphatic heterocycles. The number of rotatable bonds is 1. The fourth-order valence-corrected chi connectivity index (χ4v) is 2.82. The van der Waals surface area contributed by atoms with Crippen LogP contribution >= 0.6 is 15.9 Å². The van der Waals surface area contributed by atoms with E-state index >= 15 is 0 Å². The molecule has 1 aromatic carbocycles. The van der Waals surface area contributed by atoms with E-state index in [-0.39, 0.29) is 17.1 Å². The molecular formula is C13H14BrNO2. The highest BCUT2D eigenvalue weighted by Crippen LogP contribution is 2.39. The van der Waals surface area contributed by atoms with E-state index in [4.69, 9.17) is 0 Å². The van der Waals surface area contributed by atoms with Crippen molar-refractivity contribution in [3.8, 4) is 0 Å². The molecule has 0 bridgehead atoms. The minimum atomic E-state index is -0.199. The lowest BCUT2D eigenvalue weighted by Crippen LogP contribution is -2.32. The molecule has 90 valence electrons. The van der Waals surface area contributed by atoms with Crippen molar-refractivity contribution in [1.82, 2.24) is 0 Å². The molecule has 0 unspecified atom stereocenters.